The van der Waals surface area contributed by atoms with E-state index in [0.29, 0.717) is 31.7 Å². The summed E-state index contributed by atoms with van der Waals surface area (Å²) in [7, 11) is 1.63. The molecule has 0 spiro atoms. The van der Waals surface area contributed by atoms with E-state index in [4.69, 9.17) is 15.7 Å². The molecule has 0 aliphatic heterocycles. The summed E-state index contributed by atoms with van der Waals surface area (Å²) in [5.74, 6) is -0.256. The molecule has 0 amide bonds. The minimum Gasteiger partial charge on any atom is -0.383 e. The molecule has 0 saturated heterocycles. The second-order valence-electron chi connectivity index (χ2n) is 4.84. The SMILES string of the molecule is COCCN(CCC#N)c1cc(C)c(F)cc1[C@@H](C)N. The third-order valence-electron chi connectivity index (χ3n) is 3.20. The second-order valence-corrected chi connectivity index (χ2v) is 4.84. The Morgan fingerprint density at radius 3 is 2.70 bits per heavy atom. The van der Waals surface area contributed by atoms with Crippen molar-refractivity contribution < 1.29 is 9.13 Å². The highest BCUT2D eigenvalue weighted by atomic mass is 19.1. The molecule has 0 aliphatic carbocycles. The van der Waals surface area contributed by atoms with Crippen LogP contribution in [0.3, 0.4) is 0 Å². The van der Waals surface area contributed by atoms with Gasteiger partial charge in [-0.25, -0.2) is 4.39 Å². The molecule has 4 nitrogen and oxygen atoms in total. The van der Waals surface area contributed by atoms with Gasteiger partial charge in [-0.2, -0.15) is 5.26 Å². The van der Waals surface area contributed by atoms with Crippen LogP contribution in [0.15, 0.2) is 12.1 Å². The first kappa shape index (κ1) is 16.4. The topological polar surface area (TPSA) is 62.3 Å². The molecule has 1 aromatic rings. The van der Waals surface area contributed by atoms with Gasteiger partial charge in [0.05, 0.1) is 19.1 Å². The van der Waals surface area contributed by atoms with Crippen LogP contribution in [0.2, 0.25) is 0 Å². The zero-order chi connectivity index (χ0) is 15.1. The third-order valence-corrected chi connectivity index (χ3v) is 3.20. The van der Waals surface area contributed by atoms with E-state index in [1.165, 1.54) is 6.07 Å². The number of methoxy groups -OCH3 is 1. The number of rotatable bonds is 7. The van der Waals surface area contributed by atoms with Gasteiger partial charge in [0.2, 0.25) is 0 Å². The minimum absolute atomic E-state index is 0.256. The first-order valence-corrected chi connectivity index (χ1v) is 6.67. The van der Waals surface area contributed by atoms with Gasteiger partial charge in [0, 0.05) is 31.9 Å². The normalized spacial score (nSPS) is 12.0. The highest BCUT2D eigenvalue weighted by molar-refractivity contribution is 5.57. The molecule has 5 heteroatoms. The first-order chi connectivity index (χ1) is 9.51. The van der Waals surface area contributed by atoms with E-state index < -0.39 is 0 Å². The minimum atomic E-state index is -0.271. The standard InChI is InChI=1S/C15H22FN3O/c1-11-9-15(13(12(2)18)10-14(11)16)19(6-4-5-17)7-8-20-3/h9-10,12H,4,6-8,18H2,1-3H3/t12-/m1/s1. The molecule has 0 aliphatic rings. The summed E-state index contributed by atoms with van der Waals surface area (Å²) in [6, 6.07) is 5.14. The van der Waals surface area contributed by atoms with Crippen molar-refractivity contribution in [3.63, 3.8) is 0 Å². The molecule has 0 saturated carbocycles. The van der Waals surface area contributed by atoms with Crippen LogP contribution >= 0.6 is 0 Å². The van der Waals surface area contributed by atoms with Crippen LogP contribution in [0.1, 0.15) is 30.5 Å². The fourth-order valence-corrected chi connectivity index (χ4v) is 2.06. The van der Waals surface area contributed by atoms with Crippen molar-refractivity contribution in [2.45, 2.75) is 26.3 Å². The van der Waals surface area contributed by atoms with Crippen molar-refractivity contribution in [2.75, 3.05) is 31.7 Å². The number of benzene rings is 1. The summed E-state index contributed by atoms with van der Waals surface area (Å²) in [6.45, 7) is 5.31. The molecular formula is C15H22FN3O. The van der Waals surface area contributed by atoms with Crippen molar-refractivity contribution in [1.82, 2.24) is 0 Å². The largest absolute Gasteiger partial charge is 0.383 e. The Hall–Kier alpha value is -1.64. The summed E-state index contributed by atoms with van der Waals surface area (Å²) >= 11 is 0. The van der Waals surface area contributed by atoms with E-state index in [1.807, 2.05) is 11.8 Å². The van der Waals surface area contributed by atoms with Crippen molar-refractivity contribution >= 4 is 5.69 Å². The number of nitrogens with zero attached hydrogens (tertiary/aromatic N) is 2. The summed E-state index contributed by atoms with van der Waals surface area (Å²) in [5, 5.41) is 8.77. The third kappa shape index (κ3) is 4.19. The Bertz CT molecular complexity index is 483. The van der Waals surface area contributed by atoms with Crippen molar-refractivity contribution in [1.29, 1.82) is 5.26 Å². The van der Waals surface area contributed by atoms with E-state index in [-0.39, 0.29) is 11.9 Å². The lowest BCUT2D eigenvalue weighted by Crippen LogP contribution is -2.30. The van der Waals surface area contributed by atoms with Crippen molar-refractivity contribution in [2.24, 2.45) is 5.73 Å². The van der Waals surface area contributed by atoms with E-state index in [9.17, 15) is 4.39 Å². The van der Waals surface area contributed by atoms with Crippen LogP contribution in [0.5, 0.6) is 0 Å². The van der Waals surface area contributed by atoms with Gasteiger partial charge >= 0.3 is 0 Å². The molecule has 0 unspecified atom stereocenters. The quantitative estimate of drug-likeness (QED) is 0.833. The maximum absolute atomic E-state index is 13.7. The first-order valence-electron chi connectivity index (χ1n) is 6.67. The number of hydrogen-bond acceptors (Lipinski definition) is 4. The molecule has 0 bridgehead atoms. The number of nitriles is 1. The molecule has 0 aromatic heterocycles. The Morgan fingerprint density at radius 2 is 2.15 bits per heavy atom. The monoisotopic (exact) mass is 279 g/mol. The summed E-state index contributed by atoms with van der Waals surface area (Å²) in [6.07, 6.45) is 0.401. The second kappa shape index (κ2) is 7.83. The van der Waals surface area contributed by atoms with Crippen LogP contribution < -0.4 is 10.6 Å². The van der Waals surface area contributed by atoms with E-state index >= 15 is 0 Å². The van der Waals surface area contributed by atoms with E-state index in [2.05, 4.69) is 6.07 Å². The maximum atomic E-state index is 13.7. The number of halogens is 1. The summed E-state index contributed by atoms with van der Waals surface area (Å²) < 4.78 is 18.8. The van der Waals surface area contributed by atoms with Crippen LogP contribution in [0, 0.1) is 24.1 Å². The predicted octanol–water partition coefficient (Wildman–Crippen LogP) is 2.52. The number of hydrogen-bond donors (Lipinski definition) is 1. The molecule has 1 aromatic carbocycles. The fraction of sp³-hybridized carbons (Fsp3) is 0.533. The van der Waals surface area contributed by atoms with Gasteiger partial charge in [-0.3, -0.25) is 0 Å². The van der Waals surface area contributed by atoms with Gasteiger partial charge in [0.1, 0.15) is 5.82 Å². The van der Waals surface area contributed by atoms with Gasteiger partial charge in [-0.1, -0.05) is 0 Å². The van der Waals surface area contributed by atoms with Gasteiger partial charge in [-0.15, -0.1) is 0 Å². The predicted molar refractivity (Wildman–Crippen MR) is 78.1 cm³/mol. The molecule has 20 heavy (non-hydrogen) atoms. The zero-order valence-corrected chi connectivity index (χ0v) is 12.3. The lowest BCUT2D eigenvalue weighted by Gasteiger charge is -2.28. The van der Waals surface area contributed by atoms with E-state index in [1.54, 1.807) is 20.1 Å². The summed E-state index contributed by atoms with van der Waals surface area (Å²) in [4.78, 5) is 2.03. The molecule has 0 fully saturated rings. The zero-order valence-electron chi connectivity index (χ0n) is 12.3. The van der Waals surface area contributed by atoms with Gasteiger partial charge in [-0.05, 0) is 37.1 Å². The Balaban J connectivity index is 3.15. The van der Waals surface area contributed by atoms with Crippen molar-refractivity contribution in [3.8, 4) is 6.07 Å². The average molecular weight is 279 g/mol. The lowest BCUT2D eigenvalue weighted by molar-refractivity contribution is 0.205. The number of anilines is 1. The Kier molecular flexibility index (Phi) is 6.43. The number of ether oxygens (including phenoxy) is 1. The number of aryl methyl sites for hydroxylation is 1. The summed E-state index contributed by atoms with van der Waals surface area (Å²) in [5.41, 5.74) is 8.14. The molecule has 110 valence electrons. The molecule has 2 N–H and O–H groups in total. The van der Waals surface area contributed by atoms with E-state index in [0.717, 1.165) is 11.3 Å². The maximum Gasteiger partial charge on any atom is 0.126 e. The Morgan fingerprint density at radius 1 is 1.45 bits per heavy atom. The molecule has 1 atom stereocenters. The molecule has 0 heterocycles. The fourth-order valence-electron chi connectivity index (χ4n) is 2.06. The van der Waals surface area contributed by atoms with Gasteiger partial charge in [0.15, 0.2) is 0 Å². The van der Waals surface area contributed by atoms with Gasteiger partial charge in [0.25, 0.3) is 0 Å². The highest BCUT2D eigenvalue weighted by Crippen LogP contribution is 2.28. The van der Waals surface area contributed by atoms with Crippen molar-refractivity contribution in [3.05, 3.63) is 29.1 Å². The van der Waals surface area contributed by atoms with Crippen LogP contribution in [-0.4, -0.2) is 26.8 Å². The highest BCUT2D eigenvalue weighted by Gasteiger charge is 2.16. The molecule has 1 rings (SSSR count). The van der Waals surface area contributed by atoms with Crippen LogP contribution in [-0.2, 0) is 4.74 Å². The van der Waals surface area contributed by atoms with Crippen LogP contribution in [0.25, 0.3) is 0 Å². The van der Waals surface area contributed by atoms with Gasteiger partial charge < -0.3 is 15.4 Å². The van der Waals surface area contributed by atoms with Crippen LogP contribution in [0.4, 0.5) is 10.1 Å². The lowest BCUT2D eigenvalue weighted by atomic mass is 10.0. The smallest absolute Gasteiger partial charge is 0.126 e. The molecular weight excluding hydrogens is 257 g/mol. The average Bonchev–Trinajstić information content (AvgIpc) is 2.41. The number of nitrogens with two attached hydrogens (primary N) is 1. The molecule has 0 radical (unpaired) electrons. The Labute approximate surface area is 119 Å².